The van der Waals surface area contributed by atoms with Gasteiger partial charge in [-0.3, -0.25) is 19.3 Å². The molecule has 1 unspecified atom stereocenters. The van der Waals surface area contributed by atoms with E-state index in [-0.39, 0.29) is 17.2 Å². The van der Waals surface area contributed by atoms with Crippen LogP contribution in [0.1, 0.15) is 29.7 Å². The van der Waals surface area contributed by atoms with E-state index in [9.17, 15) is 19.5 Å². The maximum Gasteiger partial charge on any atom is 0.300 e. The molecule has 0 aromatic heterocycles. The number of aliphatic hydroxyl groups is 1. The van der Waals surface area contributed by atoms with Crippen molar-refractivity contribution in [3.8, 4) is 5.75 Å². The van der Waals surface area contributed by atoms with Gasteiger partial charge in [0.1, 0.15) is 11.5 Å². The number of carbonyl (C=O) groups is 3. The Morgan fingerprint density at radius 2 is 1.65 bits per heavy atom. The smallest absolute Gasteiger partial charge is 0.300 e. The Morgan fingerprint density at radius 3 is 2.22 bits per heavy atom. The van der Waals surface area contributed by atoms with Crippen molar-refractivity contribution in [3.63, 3.8) is 0 Å². The lowest BCUT2D eigenvalue weighted by Gasteiger charge is -2.26. The van der Waals surface area contributed by atoms with E-state index in [0.717, 1.165) is 11.3 Å². The summed E-state index contributed by atoms with van der Waals surface area (Å²) in [5.41, 5.74) is 3.77. The quantitative estimate of drug-likeness (QED) is 0.291. The monoisotopic (exact) mass is 499 g/mol. The third kappa shape index (κ3) is 4.91. The fourth-order valence-electron chi connectivity index (χ4n) is 4.43. The van der Waals surface area contributed by atoms with E-state index in [0.29, 0.717) is 28.3 Å². The number of hydrogen-bond donors (Lipinski definition) is 2. The van der Waals surface area contributed by atoms with Crippen molar-refractivity contribution in [1.29, 1.82) is 0 Å². The van der Waals surface area contributed by atoms with Crippen LogP contribution in [0.3, 0.4) is 0 Å². The lowest BCUT2D eigenvalue weighted by Crippen LogP contribution is -2.29. The Kier molecular flexibility index (Phi) is 7.02. The van der Waals surface area contributed by atoms with Crippen LogP contribution in [-0.2, 0) is 14.4 Å². The number of hydrogen-bond acceptors (Lipinski definition) is 6. The van der Waals surface area contributed by atoms with Gasteiger partial charge < -0.3 is 20.1 Å². The van der Waals surface area contributed by atoms with Crippen LogP contribution in [0, 0.1) is 6.92 Å². The minimum Gasteiger partial charge on any atom is -0.507 e. The number of ketones is 1. The lowest BCUT2D eigenvalue weighted by molar-refractivity contribution is -0.132. The molecule has 1 aliphatic rings. The van der Waals surface area contributed by atoms with Crippen LogP contribution < -0.4 is 19.9 Å². The van der Waals surface area contributed by atoms with Gasteiger partial charge in [0, 0.05) is 38.1 Å². The number of nitrogens with zero attached hydrogens (tertiary/aromatic N) is 2. The average Bonchev–Trinajstić information content (AvgIpc) is 3.14. The number of amides is 2. The fourth-order valence-corrected chi connectivity index (χ4v) is 4.43. The van der Waals surface area contributed by atoms with Gasteiger partial charge in [-0.1, -0.05) is 23.8 Å². The van der Waals surface area contributed by atoms with Crippen LogP contribution in [0.25, 0.3) is 5.76 Å². The highest BCUT2D eigenvalue weighted by molar-refractivity contribution is 6.51. The van der Waals surface area contributed by atoms with Gasteiger partial charge in [-0.15, -0.1) is 0 Å². The normalized spacial score (nSPS) is 16.6. The summed E-state index contributed by atoms with van der Waals surface area (Å²) in [4.78, 5) is 41.6. The highest BCUT2D eigenvalue weighted by Gasteiger charge is 2.47. The van der Waals surface area contributed by atoms with Gasteiger partial charge in [0.2, 0.25) is 5.91 Å². The van der Waals surface area contributed by atoms with E-state index in [1.807, 2.05) is 56.3 Å². The maximum absolute atomic E-state index is 13.4. The molecule has 3 aromatic carbocycles. The van der Waals surface area contributed by atoms with Gasteiger partial charge in [0.05, 0.1) is 24.3 Å². The first kappa shape index (κ1) is 25.5. The maximum atomic E-state index is 13.4. The predicted octanol–water partition coefficient (Wildman–Crippen LogP) is 4.65. The third-order valence-electron chi connectivity index (χ3n) is 6.25. The molecule has 1 saturated heterocycles. The van der Waals surface area contributed by atoms with Gasteiger partial charge in [0.15, 0.2) is 0 Å². The van der Waals surface area contributed by atoms with Crippen molar-refractivity contribution in [3.05, 3.63) is 89.0 Å². The van der Waals surface area contributed by atoms with E-state index >= 15 is 0 Å². The average molecular weight is 500 g/mol. The van der Waals surface area contributed by atoms with E-state index in [1.165, 1.54) is 18.9 Å². The zero-order valence-electron chi connectivity index (χ0n) is 21.4. The number of rotatable bonds is 6. The summed E-state index contributed by atoms with van der Waals surface area (Å²) < 4.78 is 5.44. The summed E-state index contributed by atoms with van der Waals surface area (Å²) in [5.74, 6) is -1.70. The largest absolute Gasteiger partial charge is 0.507 e. The fraction of sp³-hybridized carbons (Fsp3) is 0.207. The van der Waals surface area contributed by atoms with Gasteiger partial charge in [-0.05, 0) is 61.0 Å². The number of carbonyl (C=O) groups excluding carboxylic acids is 3. The van der Waals surface area contributed by atoms with Crippen molar-refractivity contribution in [1.82, 2.24) is 0 Å². The number of benzene rings is 3. The molecular weight excluding hydrogens is 470 g/mol. The predicted molar refractivity (Wildman–Crippen MR) is 144 cm³/mol. The molecule has 37 heavy (non-hydrogen) atoms. The standard InChI is InChI=1S/C29H29N3O5/c1-17-6-15-24(37-5)23(16-17)27(34)25-26(19-7-11-21(12-8-19)31(3)4)32(29(36)28(25)35)22-13-9-20(10-14-22)30-18(2)33/h6-16,26,34H,1-5H3,(H,30,33)/b27-25+. The van der Waals surface area contributed by atoms with Gasteiger partial charge in [0.25, 0.3) is 11.7 Å². The van der Waals surface area contributed by atoms with Crippen LogP contribution >= 0.6 is 0 Å². The highest BCUT2D eigenvalue weighted by atomic mass is 16.5. The number of nitrogens with one attached hydrogen (secondary N) is 1. The first-order chi connectivity index (χ1) is 17.6. The molecule has 4 rings (SSSR count). The second kappa shape index (κ2) is 10.2. The molecule has 2 N–H and O–H groups in total. The molecule has 0 spiro atoms. The molecule has 0 saturated carbocycles. The van der Waals surface area contributed by atoms with Crippen LogP contribution in [0.2, 0.25) is 0 Å². The summed E-state index contributed by atoms with van der Waals surface area (Å²) in [6.07, 6.45) is 0. The van der Waals surface area contributed by atoms with Crippen molar-refractivity contribution in [2.75, 3.05) is 36.3 Å². The molecule has 190 valence electrons. The van der Waals surface area contributed by atoms with E-state index in [2.05, 4.69) is 5.32 Å². The van der Waals surface area contributed by atoms with Crippen molar-refractivity contribution in [2.24, 2.45) is 0 Å². The van der Waals surface area contributed by atoms with Crippen molar-refractivity contribution < 1.29 is 24.2 Å². The lowest BCUT2D eigenvalue weighted by atomic mass is 9.94. The summed E-state index contributed by atoms with van der Waals surface area (Å²) in [5, 5.41) is 14.2. The number of aliphatic hydroxyl groups excluding tert-OH is 1. The zero-order valence-corrected chi connectivity index (χ0v) is 21.4. The van der Waals surface area contributed by atoms with E-state index in [4.69, 9.17) is 4.74 Å². The molecule has 0 radical (unpaired) electrons. The Labute approximate surface area is 215 Å². The molecule has 8 nitrogen and oxygen atoms in total. The van der Waals surface area contributed by atoms with Crippen LogP contribution in [0.4, 0.5) is 17.1 Å². The van der Waals surface area contributed by atoms with Crippen molar-refractivity contribution in [2.45, 2.75) is 19.9 Å². The Hall–Kier alpha value is -4.59. The number of Topliss-reactive ketones (excluding diaryl/α,β-unsaturated/α-hetero) is 1. The van der Waals surface area contributed by atoms with Crippen LogP contribution in [0.15, 0.2) is 72.3 Å². The minimum atomic E-state index is -0.881. The number of ether oxygens (including phenoxy) is 1. The Bertz CT molecular complexity index is 1390. The molecule has 1 aliphatic heterocycles. The third-order valence-corrected chi connectivity index (χ3v) is 6.25. The molecule has 1 atom stereocenters. The SMILES string of the molecule is COc1ccc(C)cc1/C(O)=C1\C(=O)C(=O)N(c2ccc(NC(C)=O)cc2)C1c1ccc(N(C)C)cc1. The molecule has 1 heterocycles. The van der Waals surface area contributed by atoms with Gasteiger partial charge in [-0.25, -0.2) is 0 Å². The molecule has 1 fully saturated rings. The first-order valence-corrected chi connectivity index (χ1v) is 11.7. The molecule has 0 bridgehead atoms. The van der Waals surface area contributed by atoms with Crippen molar-refractivity contribution >= 4 is 40.4 Å². The number of anilines is 3. The first-order valence-electron chi connectivity index (χ1n) is 11.7. The van der Waals surface area contributed by atoms with Crippen LogP contribution in [0.5, 0.6) is 5.75 Å². The summed E-state index contributed by atoms with van der Waals surface area (Å²) in [7, 11) is 5.32. The van der Waals surface area contributed by atoms with E-state index < -0.39 is 17.7 Å². The molecule has 8 heteroatoms. The zero-order chi connectivity index (χ0) is 26.9. The summed E-state index contributed by atoms with van der Waals surface area (Å²) in [6.45, 7) is 3.27. The highest BCUT2D eigenvalue weighted by Crippen LogP contribution is 2.43. The molecule has 0 aliphatic carbocycles. The Morgan fingerprint density at radius 1 is 1.00 bits per heavy atom. The molecule has 3 aromatic rings. The second-order valence-corrected chi connectivity index (χ2v) is 9.09. The summed E-state index contributed by atoms with van der Waals surface area (Å²) >= 11 is 0. The second-order valence-electron chi connectivity index (χ2n) is 9.09. The Balaban J connectivity index is 1.92. The van der Waals surface area contributed by atoms with Gasteiger partial charge in [-0.2, -0.15) is 0 Å². The van der Waals surface area contributed by atoms with Crippen LogP contribution in [-0.4, -0.2) is 43.9 Å². The van der Waals surface area contributed by atoms with Gasteiger partial charge >= 0.3 is 0 Å². The molecule has 2 amide bonds. The summed E-state index contributed by atoms with van der Waals surface area (Å²) in [6, 6.07) is 18.5. The minimum absolute atomic E-state index is 0.0301. The topological polar surface area (TPSA) is 99.2 Å². The molecular formula is C29H29N3O5. The number of aryl methyl sites for hydroxylation is 1. The number of methoxy groups -OCH3 is 1. The van der Waals surface area contributed by atoms with E-state index in [1.54, 1.807) is 36.4 Å².